The minimum Gasteiger partial charge on any atom is -0.396 e. The molecule has 1 aliphatic carbocycles. The molecule has 0 amide bonds. The Labute approximate surface area is 92.3 Å². The Morgan fingerprint density at radius 1 is 1.47 bits per heavy atom. The van der Waals surface area contributed by atoms with Gasteiger partial charge in [-0.05, 0) is 25.7 Å². The summed E-state index contributed by atoms with van der Waals surface area (Å²) >= 11 is 0. The molecule has 2 heteroatoms. The maximum atomic E-state index is 9.70. The van der Waals surface area contributed by atoms with Crippen molar-refractivity contribution >= 4 is 0 Å². The van der Waals surface area contributed by atoms with E-state index in [4.69, 9.17) is 4.74 Å². The van der Waals surface area contributed by atoms with Gasteiger partial charge in [0.1, 0.15) is 0 Å². The van der Waals surface area contributed by atoms with Gasteiger partial charge in [0.15, 0.2) is 0 Å². The van der Waals surface area contributed by atoms with Gasteiger partial charge in [0.25, 0.3) is 0 Å². The molecule has 0 spiro atoms. The van der Waals surface area contributed by atoms with E-state index in [0.29, 0.717) is 30.5 Å². The molecule has 0 aromatic carbocycles. The van der Waals surface area contributed by atoms with Gasteiger partial charge in [-0.3, -0.25) is 0 Å². The summed E-state index contributed by atoms with van der Waals surface area (Å²) in [6.45, 7) is 9.76. The fourth-order valence-electron chi connectivity index (χ4n) is 3.60. The van der Waals surface area contributed by atoms with E-state index in [-0.39, 0.29) is 12.0 Å². The fraction of sp³-hybridized carbons (Fsp3) is 0.846. The van der Waals surface area contributed by atoms with Crippen LogP contribution in [0, 0.1) is 23.2 Å². The molecule has 0 saturated carbocycles. The Bertz CT molecular complexity index is 284. The van der Waals surface area contributed by atoms with Crippen molar-refractivity contribution < 1.29 is 9.84 Å². The zero-order chi connectivity index (χ0) is 11.2. The molecule has 86 valence electrons. The van der Waals surface area contributed by atoms with Crippen molar-refractivity contribution in [3.63, 3.8) is 0 Å². The summed E-state index contributed by atoms with van der Waals surface area (Å²) in [5, 5.41) is 9.70. The van der Waals surface area contributed by atoms with Crippen molar-refractivity contribution in [3.05, 3.63) is 11.6 Å². The first-order chi connectivity index (χ1) is 7.03. The quantitative estimate of drug-likeness (QED) is 0.673. The van der Waals surface area contributed by atoms with E-state index in [2.05, 4.69) is 33.8 Å². The maximum absolute atomic E-state index is 9.70. The molecule has 1 N–H and O–H groups in total. The molecule has 1 saturated heterocycles. The van der Waals surface area contributed by atoms with Crippen LogP contribution in [-0.4, -0.2) is 24.4 Å². The summed E-state index contributed by atoms with van der Waals surface area (Å²) < 4.78 is 5.85. The Morgan fingerprint density at radius 2 is 2.13 bits per heavy atom. The number of aliphatic hydroxyl groups is 1. The highest BCUT2D eigenvalue weighted by Gasteiger charge is 2.51. The van der Waals surface area contributed by atoms with Crippen LogP contribution >= 0.6 is 0 Å². The van der Waals surface area contributed by atoms with Gasteiger partial charge < -0.3 is 9.84 Å². The Morgan fingerprint density at radius 3 is 2.73 bits per heavy atom. The smallest absolute Gasteiger partial charge is 0.0615 e. The topological polar surface area (TPSA) is 29.5 Å². The van der Waals surface area contributed by atoms with Crippen molar-refractivity contribution in [2.45, 2.75) is 33.8 Å². The van der Waals surface area contributed by atoms with Crippen LogP contribution < -0.4 is 0 Å². The van der Waals surface area contributed by atoms with Crippen molar-refractivity contribution in [1.29, 1.82) is 0 Å². The van der Waals surface area contributed by atoms with Crippen LogP contribution in [0.3, 0.4) is 0 Å². The van der Waals surface area contributed by atoms with Gasteiger partial charge in [0, 0.05) is 11.3 Å². The van der Waals surface area contributed by atoms with E-state index in [1.807, 2.05) is 0 Å². The number of aliphatic hydroxyl groups excluding tert-OH is 1. The van der Waals surface area contributed by atoms with Gasteiger partial charge in [0.05, 0.1) is 19.3 Å². The van der Waals surface area contributed by atoms with Gasteiger partial charge in [-0.15, -0.1) is 0 Å². The number of hydrogen-bond acceptors (Lipinski definition) is 2. The van der Waals surface area contributed by atoms with Crippen LogP contribution in [0.2, 0.25) is 0 Å². The Kier molecular flexibility index (Phi) is 2.68. The van der Waals surface area contributed by atoms with Crippen LogP contribution in [0.25, 0.3) is 0 Å². The molecule has 2 aliphatic rings. The highest BCUT2D eigenvalue weighted by molar-refractivity contribution is 5.20. The highest BCUT2D eigenvalue weighted by atomic mass is 16.5. The molecular weight excluding hydrogens is 188 g/mol. The molecule has 1 heterocycles. The molecule has 2 bridgehead atoms. The monoisotopic (exact) mass is 210 g/mol. The van der Waals surface area contributed by atoms with Gasteiger partial charge in [0.2, 0.25) is 0 Å². The third kappa shape index (κ3) is 1.38. The second-order valence-electron chi connectivity index (χ2n) is 5.42. The molecule has 1 aliphatic heterocycles. The van der Waals surface area contributed by atoms with Gasteiger partial charge in [-0.2, -0.15) is 0 Å². The molecule has 1 fully saturated rings. The fourth-order valence-corrected chi connectivity index (χ4v) is 3.60. The third-order valence-electron chi connectivity index (χ3n) is 4.81. The largest absolute Gasteiger partial charge is 0.396 e. The first-order valence-corrected chi connectivity index (χ1v) is 5.93. The number of fused-ring (bicyclic) bond motifs is 2. The number of allylic oxidation sites excluding steroid dienone is 1. The van der Waals surface area contributed by atoms with Crippen LogP contribution in [0.1, 0.15) is 27.7 Å². The van der Waals surface area contributed by atoms with Gasteiger partial charge >= 0.3 is 0 Å². The minimum atomic E-state index is -0.0450. The summed E-state index contributed by atoms with van der Waals surface area (Å²) in [7, 11) is 0. The van der Waals surface area contributed by atoms with Crippen molar-refractivity contribution in [2.75, 3.05) is 13.2 Å². The summed E-state index contributed by atoms with van der Waals surface area (Å²) in [5.74, 6) is 1.43. The molecule has 15 heavy (non-hydrogen) atoms. The Balaban J connectivity index is 2.43. The molecule has 0 unspecified atom stereocenters. The van der Waals surface area contributed by atoms with Crippen molar-refractivity contribution in [1.82, 2.24) is 0 Å². The lowest BCUT2D eigenvalue weighted by molar-refractivity contribution is -0.157. The molecule has 2 rings (SSSR count). The lowest BCUT2D eigenvalue weighted by Gasteiger charge is -2.54. The average Bonchev–Trinajstić information content (AvgIpc) is 2.17. The summed E-state index contributed by atoms with van der Waals surface area (Å²) in [5.41, 5.74) is 1.39. The zero-order valence-electron chi connectivity index (χ0n) is 10.2. The number of rotatable bonds is 1. The average molecular weight is 210 g/mol. The van der Waals surface area contributed by atoms with E-state index in [0.717, 1.165) is 0 Å². The zero-order valence-corrected chi connectivity index (χ0v) is 10.2. The van der Waals surface area contributed by atoms with E-state index >= 15 is 0 Å². The standard InChI is InChI=1S/C13H22O2/c1-8-5-9(2)13(6-14)7-15-11(4)12(8)10(13)3/h5,9-12,14H,6-7H2,1-4H3/t9-,10+,11-,12+,13-/m1/s1. The summed E-state index contributed by atoms with van der Waals surface area (Å²) in [6.07, 6.45) is 2.63. The van der Waals surface area contributed by atoms with Gasteiger partial charge in [-0.25, -0.2) is 0 Å². The maximum Gasteiger partial charge on any atom is 0.0615 e. The molecule has 0 radical (unpaired) electrons. The van der Waals surface area contributed by atoms with Crippen LogP contribution in [0.15, 0.2) is 11.6 Å². The second kappa shape index (κ2) is 3.60. The van der Waals surface area contributed by atoms with Crippen LogP contribution in [0.5, 0.6) is 0 Å². The number of hydrogen-bond donors (Lipinski definition) is 1. The van der Waals surface area contributed by atoms with Crippen molar-refractivity contribution in [2.24, 2.45) is 23.2 Å². The molecule has 2 nitrogen and oxygen atoms in total. The predicted molar refractivity (Wildman–Crippen MR) is 60.5 cm³/mol. The van der Waals surface area contributed by atoms with E-state index in [1.54, 1.807) is 0 Å². The lowest BCUT2D eigenvalue weighted by atomic mass is 9.56. The molecule has 5 atom stereocenters. The highest BCUT2D eigenvalue weighted by Crippen LogP contribution is 2.51. The SMILES string of the molecule is CC1=C[C@@H](C)[C@@]2(CO)CO[C@H](C)[C@@H]1[C@@H]2C. The molecule has 0 aromatic heterocycles. The van der Waals surface area contributed by atoms with Crippen LogP contribution in [0.4, 0.5) is 0 Å². The normalized spacial score (nSPS) is 50.1. The number of ether oxygens (including phenoxy) is 1. The molecule has 0 aromatic rings. The lowest BCUT2D eigenvalue weighted by Crippen LogP contribution is -2.55. The first kappa shape index (κ1) is 11.2. The van der Waals surface area contributed by atoms with E-state index in [1.165, 1.54) is 5.57 Å². The summed E-state index contributed by atoms with van der Waals surface area (Å²) in [4.78, 5) is 0. The van der Waals surface area contributed by atoms with E-state index < -0.39 is 0 Å². The van der Waals surface area contributed by atoms with Crippen molar-refractivity contribution in [3.8, 4) is 0 Å². The second-order valence-corrected chi connectivity index (χ2v) is 5.42. The van der Waals surface area contributed by atoms with Crippen LogP contribution in [-0.2, 0) is 4.74 Å². The minimum absolute atomic E-state index is 0.0450. The molecular formula is C13H22O2. The first-order valence-electron chi connectivity index (χ1n) is 5.93. The van der Waals surface area contributed by atoms with Gasteiger partial charge in [-0.1, -0.05) is 25.5 Å². The Hall–Kier alpha value is -0.340. The summed E-state index contributed by atoms with van der Waals surface area (Å²) in [6, 6.07) is 0. The predicted octanol–water partition coefficient (Wildman–Crippen LogP) is 2.23. The van der Waals surface area contributed by atoms with E-state index in [9.17, 15) is 5.11 Å². The third-order valence-corrected chi connectivity index (χ3v) is 4.81.